The first-order valence-corrected chi connectivity index (χ1v) is 7.19. The van der Waals surface area contributed by atoms with E-state index in [1.54, 1.807) is 12.1 Å². The quantitative estimate of drug-likeness (QED) is 0.710. The molecule has 1 aromatic carbocycles. The number of rotatable bonds is 3. The molecule has 0 spiro atoms. The van der Waals surface area contributed by atoms with Crippen molar-refractivity contribution in [1.29, 1.82) is 0 Å². The first kappa shape index (κ1) is 15.7. The first-order valence-electron chi connectivity index (χ1n) is 5.60. The van der Waals surface area contributed by atoms with Crippen LogP contribution < -0.4 is 0 Å². The van der Waals surface area contributed by atoms with E-state index in [1.807, 2.05) is 6.07 Å². The number of methoxy groups -OCH3 is 2. The van der Waals surface area contributed by atoms with Crippen molar-refractivity contribution in [1.82, 2.24) is 4.98 Å². The van der Waals surface area contributed by atoms with Crippen LogP contribution in [-0.2, 0) is 9.47 Å². The highest BCUT2D eigenvalue weighted by Crippen LogP contribution is 2.32. The predicted molar refractivity (Wildman–Crippen MR) is 80.0 cm³/mol. The van der Waals surface area contributed by atoms with Gasteiger partial charge in [0.1, 0.15) is 0 Å². The summed E-state index contributed by atoms with van der Waals surface area (Å²) in [5, 5.41) is 0. The minimum Gasteiger partial charge on any atom is -0.464 e. The molecule has 0 unspecified atom stereocenters. The van der Waals surface area contributed by atoms with Crippen LogP contribution in [0, 0.1) is 0 Å². The minimum atomic E-state index is -0.805. The fraction of sp³-hybridized carbons (Fsp3) is 0.154. The average Bonchev–Trinajstić information content (AvgIpc) is 2.93. The normalized spacial score (nSPS) is 10.3. The van der Waals surface area contributed by atoms with Crippen molar-refractivity contribution in [2.45, 2.75) is 0 Å². The lowest BCUT2D eigenvalue weighted by atomic mass is 10.2. The van der Waals surface area contributed by atoms with E-state index in [2.05, 4.69) is 46.3 Å². The molecule has 8 heteroatoms. The van der Waals surface area contributed by atoms with Crippen LogP contribution in [-0.4, -0.2) is 31.1 Å². The third-order valence-corrected chi connectivity index (χ3v) is 3.72. The Hall–Kier alpha value is -1.67. The number of halogens is 2. The topological polar surface area (TPSA) is 78.6 Å². The molecule has 0 amide bonds. The molecule has 1 heterocycles. The number of aromatic nitrogens is 1. The van der Waals surface area contributed by atoms with Gasteiger partial charge < -0.3 is 13.9 Å². The van der Waals surface area contributed by atoms with E-state index < -0.39 is 11.9 Å². The molecule has 0 N–H and O–H groups in total. The van der Waals surface area contributed by atoms with E-state index in [0.717, 1.165) is 4.47 Å². The zero-order chi connectivity index (χ0) is 15.6. The second-order valence-electron chi connectivity index (χ2n) is 3.80. The number of oxazole rings is 1. The van der Waals surface area contributed by atoms with E-state index in [1.165, 1.54) is 14.2 Å². The van der Waals surface area contributed by atoms with Gasteiger partial charge in [-0.3, -0.25) is 0 Å². The molecule has 0 saturated heterocycles. The van der Waals surface area contributed by atoms with Crippen LogP contribution in [0.2, 0.25) is 0 Å². The van der Waals surface area contributed by atoms with E-state index in [9.17, 15) is 9.59 Å². The van der Waals surface area contributed by atoms with Gasteiger partial charge in [-0.05, 0) is 34.1 Å². The van der Waals surface area contributed by atoms with E-state index in [4.69, 9.17) is 4.42 Å². The molecular formula is C13H9Br2NO5. The van der Waals surface area contributed by atoms with Gasteiger partial charge in [-0.1, -0.05) is 15.9 Å². The van der Waals surface area contributed by atoms with Gasteiger partial charge in [0.05, 0.1) is 19.8 Å². The number of carbonyl (C=O) groups is 2. The molecule has 0 fully saturated rings. The Morgan fingerprint density at radius 3 is 2.43 bits per heavy atom. The number of nitrogens with zero attached hydrogens (tertiary/aromatic N) is 1. The lowest BCUT2D eigenvalue weighted by Gasteiger charge is -2.00. The van der Waals surface area contributed by atoms with E-state index in [0.29, 0.717) is 10.0 Å². The molecule has 0 radical (unpaired) electrons. The van der Waals surface area contributed by atoms with Crippen molar-refractivity contribution in [3.8, 4) is 11.5 Å². The summed E-state index contributed by atoms with van der Waals surface area (Å²) in [6.45, 7) is 0. The van der Waals surface area contributed by atoms with Crippen molar-refractivity contribution in [2.75, 3.05) is 14.2 Å². The van der Waals surface area contributed by atoms with E-state index in [-0.39, 0.29) is 17.3 Å². The smallest absolute Gasteiger partial charge is 0.376 e. The van der Waals surface area contributed by atoms with Gasteiger partial charge in [0, 0.05) is 8.95 Å². The Balaban J connectivity index is 2.61. The van der Waals surface area contributed by atoms with Crippen LogP contribution in [0.25, 0.3) is 11.5 Å². The molecule has 2 rings (SSSR count). The Morgan fingerprint density at radius 2 is 1.81 bits per heavy atom. The molecule has 110 valence electrons. The Labute approximate surface area is 136 Å². The summed E-state index contributed by atoms with van der Waals surface area (Å²) in [6.07, 6.45) is 0. The molecule has 2 aromatic rings. The molecule has 0 aliphatic heterocycles. The third kappa shape index (κ3) is 3.16. The Kier molecular flexibility index (Phi) is 4.79. The molecule has 0 aliphatic rings. The molecular weight excluding hydrogens is 410 g/mol. The molecule has 0 atom stereocenters. The van der Waals surface area contributed by atoms with Gasteiger partial charge in [-0.25, -0.2) is 14.6 Å². The van der Waals surface area contributed by atoms with Crippen LogP contribution >= 0.6 is 31.9 Å². The maximum atomic E-state index is 11.7. The van der Waals surface area contributed by atoms with Crippen LogP contribution in [0.3, 0.4) is 0 Å². The molecule has 1 aromatic heterocycles. The maximum absolute atomic E-state index is 11.7. The number of benzene rings is 1. The zero-order valence-electron chi connectivity index (χ0n) is 11.0. The highest BCUT2D eigenvalue weighted by atomic mass is 79.9. The van der Waals surface area contributed by atoms with Gasteiger partial charge in [0.15, 0.2) is 0 Å². The Bertz CT molecular complexity index is 677. The van der Waals surface area contributed by atoms with Gasteiger partial charge in [0.2, 0.25) is 17.3 Å². The van der Waals surface area contributed by atoms with Gasteiger partial charge in [0.25, 0.3) is 0 Å². The number of ether oxygens (including phenoxy) is 2. The fourth-order valence-corrected chi connectivity index (χ4v) is 2.34. The summed E-state index contributed by atoms with van der Waals surface area (Å²) in [5.41, 5.74) is 0.343. The van der Waals surface area contributed by atoms with E-state index >= 15 is 0 Å². The molecule has 21 heavy (non-hydrogen) atoms. The highest BCUT2D eigenvalue weighted by Gasteiger charge is 2.28. The summed E-state index contributed by atoms with van der Waals surface area (Å²) in [6, 6.07) is 5.33. The van der Waals surface area contributed by atoms with Crippen molar-refractivity contribution in [3.05, 3.63) is 38.6 Å². The summed E-state index contributed by atoms with van der Waals surface area (Å²) in [7, 11) is 2.37. The molecule has 0 aliphatic carbocycles. The number of hydrogen-bond acceptors (Lipinski definition) is 6. The maximum Gasteiger partial charge on any atom is 0.376 e. The summed E-state index contributed by atoms with van der Waals surface area (Å²) in [4.78, 5) is 27.4. The number of hydrogen-bond donors (Lipinski definition) is 0. The second kappa shape index (κ2) is 6.40. The molecule has 6 nitrogen and oxygen atoms in total. The number of carbonyl (C=O) groups excluding carboxylic acids is 2. The fourth-order valence-electron chi connectivity index (χ4n) is 1.56. The van der Waals surface area contributed by atoms with Crippen molar-refractivity contribution >= 4 is 43.8 Å². The van der Waals surface area contributed by atoms with Crippen LogP contribution in [0.15, 0.2) is 31.6 Å². The predicted octanol–water partition coefficient (Wildman–Crippen LogP) is 3.44. The van der Waals surface area contributed by atoms with Crippen LogP contribution in [0.1, 0.15) is 21.0 Å². The average molecular weight is 419 g/mol. The monoisotopic (exact) mass is 417 g/mol. The lowest BCUT2D eigenvalue weighted by Crippen LogP contribution is -2.10. The van der Waals surface area contributed by atoms with Crippen LogP contribution in [0.5, 0.6) is 0 Å². The number of esters is 2. The summed E-state index contributed by atoms with van der Waals surface area (Å²) < 4.78 is 16.0. The van der Waals surface area contributed by atoms with Crippen molar-refractivity contribution in [2.24, 2.45) is 0 Å². The van der Waals surface area contributed by atoms with Gasteiger partial charge in [-0.15, -0.1) is 0 Å². The third-order valence-electron chi connectivity index (χ3n) is 2.54. The largest absolute Gasteiger partial charge is 0.464 e. The van der Waals surface area contributed by atoms with Gasteiger partial charge >= 0.3 is 11.9 Å². The Morgan fingerprint density at radius 1 is 1.14 bits per heavy atom. The summed E-state index contributed by atoms with van der Waals surface area (Å²) >= 11 is 6.69. The standard InChI is InChI=1S/C13H9Br2NO5/c1-19-12(17)9-10(13(18)20-2)21-11(16-9)7-5-6(14)3-4-8(7)15/h3-5H,1-2H3. The second-order valence-corrected chi connectivity index (χ2v) is 5.57. The lowest BCUT2D eigenvalue weighted by molar-refractivity contribution is 0.0527. The summed E-state index contributed by atoms with van der Waals surface area (Å²) in [5.74, 6) is -1.79. The molecule has 0 bridgehead atoms. The zero-order valence-corrected chi connectivity index (χ0v) is 14.1. The van der Waals surface area contributed by atoms with Gasteiger partial charge in [-0.2, -0.15) is 0 Å². The SMILES string of the molecule is COC(=O)c1nc(-c2cc(Br)ccc2Br)oc1C(=O)OC. The van der Waals surface area contributed by atoms with Crippen molar-refractivity contribution in [3.63, 3.8) is 0 Å². The van der Waals surface area contributed by atoms with Crippen LogP contribution in [0.4, 0.5) is 0 Å². The minimum absolute atomic E-state index is 0.101. The van der Waals surface area contributed by atoms with Crippen molar-refractivity contribution < 1.29 is 23.5 Å². The highest BCUT2D eigenvalue weighted by molar-refractivity contribution is 9.11. The first-order chi connectivity index (χ1) is 9.97. The molecule has 0 saturated carbocycles.